The quantitative estimate of drug-likeness (QED) is 0.791. The summed E-state index contributed by atoms with van der Waals surface area (Å²) in [5.74, 6) is -0.874. The van der Waals surface area contributed by atoms with Crippen molar-refractivity contribution in [3.05, 3.63) is 17.3 Å². The minimum Gasteiger partial charge on any atom is -0.480 e. The number of aromatic nitrogens is 1. The Morgan fingerprint density at radius 3 is 3.12 bits per heavy atom. The van der Waals surface area contributed by atoms with E-state index >= 15 is 0 Å². The van der Waals surface area contributed by atoms with Gasteiger partial charge in [0.25, 0.3) is 0 Å². The summed E-state index contributed by atoms with van der Waals surface area (Å²) in [6.07, 6.45) is 1.41. The molecule has 0 saturated heterocycles. The van der Waals surface area contributed by atoms with Crippen LogP contribution in [0.3, 0.4) is 0 Å². The molecule has 1 aliphatic heterocycles. The largest absolute Gasteiger partial charge is 0.480 e. The normalized spacial score (nSPS) is 14.3. The average Bonchev–Trinajstić information content (AvgIpc) is 2.15. The van der Waals surface area contributed by atoms with Crippen molar-refractivity contribution in [1.29, 1.82) is 0 Å². The third-order valence-corrected chi connectivity index (χ3v) is 2.27. The molecule has 1 aromatic heterocycles. The average molecular weight is 242 g/mol. The third kappa shape index (κ3) is 2.06. The van der Waals surface area contributed by atoms with Gasteiger partial charge in [0.15, 0.2) is 5.82 Å². The Labute approximate surface area is 95.8 Å². The fourth-order valence-electron chi connectivity index (χ4n) is 1.51. The number of amides is 1. The van der Waals surface area contributed by atoms with E-state index in [2.05, 4.69) is 10.3 Å². The molecule has 84 valence electrons. The van der Waals surface area contributed by atoms with E-state index < -0.39 is 5.97 Å². The van der Waals surface area contributed by atoms with E-state index in [1.165, 1.54) is 17.2 Å². The second-order valence-electron chi connectivity index (χ2n) is 3.32. The number of halogens is 1. The first-order valence-corrected chi connectivity index (χ1v) is 4.86. The highest BCUT2D eigenvalue weighted by atomic mass is 35.5. The zero-order valence-corrected chi connectivity index (χ0v) is 8.86. The maximum atomic E-state index is 11.3. The van der Waals surface area contributed by atoms with E-state index in [-0.39, 0.29) is 19.0 Å². The van der Waals surface area contributed by atoms with Crippen LogP contribution in [0.4, 0.5) is 11.5 Å². The van der Waals surface area contributed by atoms with Gasteiger partial charge in [-0.15, -0.1) is 0 Å². The molecule has 0 spiro atoms. The van der Waals surface area contributed by atoms with Gasteiger partial charge in [0.2, 0.25) is 5.91 Å². The molecule has 2 rings (SSSR count). The lowest BCUT2D eigenvalue weighted by atomic mass is 10.2. The van der Waals surface area contributed by atoms with Crippen LogP contribution in [0.15, 0.2) is 12.3 Å². The number of anilines is 2. The Bertz CT molecular complexity index is 463. The predicted octanol–water partition coefficient (Wildman–Crippen LogP) is 0.578. The van der Waals surface area contributed by atoms with Gasteiger partial charge in [-0.1, -0.05) is 11.6 Å². The highest BCUT2D eigenvalue weighted by molar-refractivity contribution is 6.31. The molecular formula is C9H8ClN3O3. The topological polar surface area (TPSA) is 82.5 Å². The van der Waals surface area contributed by atoms with Crippen molar-refractivity contribution >= 4 is 35.0 Å². The molecule has 0 atom stereocenters. The minimum atomic E-state index is -1.02. The van der Waals surface area contributed by atoms with E-state index in [0.29, 0.717) is 16.5 Å². The molecule has 7 heteroatoms. The van der Waals surface area contributed by atoms with Gasteiger partial charge in [0.05, 0.1) is 17.3 Å². The zero-order chi connectivity index (χ0) is 11.7. The number of fused-ring (bicyclic) bond motifs is 1. The van der Waals surface area contributed by atoms with Crippen LogP contribution >= 0.6 is 11.6 Å². The molecule has 1 aliphatic rings. The standard InChI is InChI=1S/C9H8ClN3O3/c10-5-1-6-9(11-2-5)13(4-8(15)16)3-7(14)12-6/h1-2H,3-4H2,(H,12,14)(H,15,16). The third-order valence-electron chi connectivity index (χ3n) is 2.07. The lowest BCUT2D eigenvalue weighted by Gasteiger charge is -2.28. The molecule has 0 unspecified atom stereocenters. The van der Waals surface area contributed by atoms with Crippen LogP contribution in [0.2, 0.25) is 5.02 Å². The van der Waals surface area contributed by atoms with Gasteiger partial charge in [-0.25, -0.2) is 4.98 Å². The highest BCUT2D eigenvalue weighted by Gasteiger charge is 2.24. The van der Waals surface area contributed by atoms with Gasteiger partial charge in [-0.05, 0) is 6.07 Å². The number of hydrogen-bond acceptors (Lipinski definition) is 4. The maximum absolute atomic E-state index is 11.3. The SMILES string of the molecule is O=C(O)CN1CC(=O)Nc2cc(Cl)cnc21. The smallest absolute Gasteiger partial charge is 0.323 e. The van der Waals surface area contributed by atoms with E-state index in [4.69, 9.17) is 16.7 Å². The fourth-order valence-corrected chi connectivity index (χ4v) is 1.67. The number of nitrogens with one attached hydrogen (secondary N) is 1. The van der Waals surface area contributed by atoms with E-state index in [1.54, 1.807) is 0 Å². The number of carbonyl (C=O) groups is 2. The van der Waals surface area contributed by atoms with E-state index in [9.17, 15) is 9.59 Å². The molecule has 16 heavy (non-hydrogen) atoms. The summed E-state index contributed by atoms with van der Waals surface area (Å²) in [7, 11) is 0. The molecule has 2 heterocycles. The Balaban J connectivity index is 2.37. The summed E-state index contributed by atoms with van der Waals surface area (Å²) in [4.78, 5) is 27.3. The number of hydrogen-bond donors (Lipinski definition) is 2. The lowest BCUT2D eigenvalue weighted by molar-refractivity contribution is -0.135. The predicted molar refractivity (Wildman–Crippen MR) is 57.7 cm³/mol. The van der Waals surface area contributed by atoms with Gasteiger partial charge in [-0.2, -0.15) is 0 Å². The van der Waals surface area contributed by atoms with Gasteiger partial charge in [-0.3, -0.25) is 9.59 Å². The number of rotatable bonds is 2. The van der Waals surface area contributed by atoms with Crippen LogP contribution in [-0.4, -0.2) is 35.1 Å². The van der Waals surface area contributed by atoms with Crippen LogP contribution in [0.1, 0.15) is 0 Å². The summed E-state index contributed by atoms with van der Waals surface area (Å²) in [5.41, 5.74) is 0.435. The van der Waals surface area contributed by atoms with Crippen molar-refractivity contribution in [2.45, 2.75) is 0 Å². The van der Waals surface area contributed by atoms with Crippen LogP contribution in [-0.2, 0) is 9.59 Å². The summed E-state index contributed by atoms with van der Waals surface area (Å²) in [6.45, 7) is -0.289. The first-order valence-electron chi connectivity index (χ1n) is 4.48. The number of aliphatic carboxylic acids is 1. The van der Waals surface area contributed by atoms with Gasteiger partial charge < -0.3 is 15.3 Å². The van der Waals surface area contributed by atoms with E-state index in [0.717, 1.165) is 0 Å². The molecule has 0 fully saturated rings. The van der Waals surface area contributed by atoms with Crippen molar-refractivity contribution in [1.82, 2.24) is 4.98 Å². The van der Waals surface area contributed by atoms with Crippen LogP contribution < -0.4 is 10.2 Å². The Morgan fingerprint density at radius 2 is 2.44 bits per heavy atom. The molecule has 2 N–H and O–H groups in total. The second kappa shape index (κ2) is 3.97. The number of pyridine rings is 1. The monoisotopic (exact) mass is 241 g/mol. The van der Waals surface area contributed by atoms with Crippen molar-refractivity contribution in [2.75, 3.05) is 23.3 Å². The van der Waals surface area contributed by atoms with Gasteiger partial charge in [0, 0.05) is 6.20 Å². The molecule has 0 aromatic carbocycles. The second-order valence-corrected chi connectivity index (χ2v) is 3.76. The molecule has 1 amide bonds. The zero-order valence-electron chi connectivity index (χ0n) is 8.11. The molecule has 1 aromatic rings. The number of carboxylic acids is 1. The highest BCUT2D eigenvalue weighted by Crippen LogP contribution is 2.28. The van der Waals surface area contributed by atoms with Crippen LogP contribution in [0.5, 0.6) is 0 Å². The van der Waals surface area contributed by atoms with Gasteiger partial charge >= 0.3 is 5.97 Å². The fraction of sp³-hybridized carbons (Fsp3) is 0.222. The molecule has 0 aliphatic carbocycles. The lowest BCUT2D eigenvalue weighted by Crippen LogP contribution is -2.41. The molecule has 6 nitrogen and oxygen atoms in total. The summed E-state index contributed by atoms with van der Waals surface area (Å²) in [6, 6.07) is 1.54. The Morgan fingerprint density at radius 1 is 1.69 bits per heavy atom. The van der Waals surface area contributed by atoms with Crippen LogP contribution in [0.25, 0.3) is 0 Å². The van der Waals surface area contributed by atoms with Crippen molar-refractivity contribution in [3.8, 4) is 0 Å². The first kappa shape index (κ1) is 10.7. The van der Waals surface area contributed by atoms with E-state index in [1.807, 2.05) is 0 Å². The maximum Gasteiger partial charge on any atom is 0.323 e. The number of nitrogens with zero attached hydrogens (tertiary/aromatic N) is 2. The van der Waals surface area contributed by atoms with Gasteiger partial charge in [0.1, 0.15) is 6.54 Å². The molecule has 0 radical (unpaired) electrons. The van der Waals surface area contributed by atoms with Crippen molar-refractivity contribution < 1.29 is 14.7 Å². The van der Waals surface area contributed by atoms with Crippen LogP contribution in [0, 0.1) is 0 Å². The molecule has 0 saturated carbocycles. The first-order chi connectivity index (χ1) is 7.56. The number of carboxylic acid groups (broad SMARTS) is 1. The number of carbonyl (C=O) groups excluding carboxylic acids is 1. The summed E-state index contributed by atoms with van der Waals surface area (Å²) >= 11 is 5.73. The summed E-state index contributed by atoms with van der Waals surface area (Å²) in [5, 5.41) is 11.7. The minimum absolute atomic E-state index is 0.0199. The molecule has 0 bridgehead atoms. The van der Waals surface area contributed by atoms with Crippen molar-refractivity contribution in [3.63, 3.8) is 0 Å². The van der Waals surface area contributed by atoms with Crippen molar-refractivity contribution in [2.24, 2.45) is 0 Å². The summed E-state index contributed by atoms with van der Waals surface area (Å²) < 4.78 is 0. The Kier molecular flexibility index (Phi) is 2.66. The molecular weight excluding hydrogens is 234 g/mol. The Hall–Kier alpha value is -1.82.